The fraction of sp³-hybridized carbons (Fsp3) is 0.417. The molecule has 2 N–H and O–H groups in total. The molecule has 0 saturated carbocycles. The van der Waals surface area contributed by atoms with Crippen molar-refractivity contribution in [3.05, 3.63) is 27.8 Å². The van der Waals surface area contributed by atoms with Gasteiger partial charge in [0, 0.05) is 24.5 Å². The van der Waals surface area contributed by atoms with E-state index in [1.807, 2.05) is 7.05 Å². The van der Waals surface area contributed by atoms with Crippen molar-refractivity contribution < 1.29 is 0 Å². The molecule has 76 valence electrons. The largest absolute Gasteiger partial charge is 0.387 e. The van der Waals surface area contributed by atoms with Crippen molar-refractivity contribution in [2.75, 3.05) is 12.4 Å². The van der Waals surface area contributed by atoms with E-state index in [0.29, 0.717) is 0 Å². The summed E-state index contributed by atoms with van der Waals surface area (Å²) >= 11 is 0. The second kappa shape index (κ2) is 3.82. The van der Waals surface area contributed by atoms with Gasteiger partial charge in [-0.25, -0.2) is 0 Å². The van der Waals surface area contributed by atoms with E-state index in [4.69, 9.17) is 5.41 Å². The van der Waals surface area contributed by atoms with Gasteiger partial charge >= 0.3 is 0 Å². The summed E-state index contributed by atoms with van der Waals surface area (Å²) < 4.78 is 0. The summed E-state index contributed by atoms with van der Waals surface area (Å²) in [5, 5.41) is 10.6. The third kappa shape index (κ3) is 1.41. The molecule has 0 saturated heterocycles. The Balaban J connectivity index is 3.65. The van der Waals surface area contributed by atoms with Crippen molar-refractivity contribution in [1.29, 1.82) is 5.41 Å². The van der Waals surface area contributed by atoms with E-state index in [1.54, 1.807) is 0 Å². The molecule has 0 spiro atoms. The van der Waals surface area contributed by atoms with Crippen LogP contribution in [0.1, 0.15) is 27.8 Å². The van der Waals surface area contributed by atoms with Gasteiger partial charge in [0.25, 0.3) is 0 Å². The average molecular weight is 190 g/mol. The van der Waals surface area contributed by atoms with E-state index in [9.17, 15) is 0 Å². The Kier molecular flexibility index (Phi) is 2.94. The summed E-state index contributed by atoms with van der Waals surface area (Å²) in [6, 6.07) is 0. The van der Waals surface area contributed by atoms with Gasteiger partial charge in [-0.3, -0.25) is 0 Å². The molecule has 2 heteroatoms. The lowest BCUT2D eigenvalue weighted by atomic mass is 9.93. The highest BCUT2D eigenvalue weighted by atomic mass is 14.8. The van der Waals surface area contributed by atoms with Crippen LogP contribution >= 0.6 is 0 Å². The van der Waals surface area contributed by atoms with Crippen molar-refractivity contribution >= 4 is 11.9 Å². The molecule has 2 nitrogen and oxygen atoms in total. The highest BCUT2D eigenvalue weighted by Gasteiger charge is 2.11. The van der Waals surface area contributed by atoms with Crippen LogP contribution in [-0.4, -0.2) is 13.3 Å². The Morgan fingerprint density at radius 2 is 1.43 bits per heavy atom. The van der Waals surface area contributed by atoms with Crippen LogP contribution < -0.4 is 5.32 Å². The molecule has 0 unspecified atom stereocenters. The van der Waals surface area contributed by atoms with Crippen molar-refractivity contribution in [2.45, 2.75) is 27.7 Å². The number of hydrogen-bond acceptors (Lipinski definition) is 2. The maximum absolute atomic E-state index is 7.43. The van der Waals surface area contributed by atoms with Crippen LogP contribution in [0.4, 0.5) is 5.69 Å². The molecule has 0 bridgehead atoms. The quantitative estimate of drug-likeness (QED) is 0.691. The predicted molar refractivity (Wildman–Crippen MR) is 62.8 cm³/mol. The molecule has 0 aliphatic rings. The Morgan fingerprint density at radius 3 is 1.86 bits per heavy atom. The standard InChI is InChI=1S/C12H18N2/c1-7-8(2)10(4)12(14-5)11(6-13)9(7)3/h6,13-14H,1-5H3. The van der Waals surface area contributed by atoms with E-state index >= 15 is 0 Å². The van der Waals surface area contributed by atoms with E-state index in [0.717, 1.165) is 11.3 Å². The lowest BCUT2D eigenvalue weighted by Crippen LogP contribution is -2.04. The van der Waals surface area contributed by atoms with Gasteiger partial charge in [-0.1, -0.05) is 0 Å². The average Bonchev–Trinajstić information content (AvgIpc) is 2.20. The molecule has 0 aromatic heterocycles. The molecule has 1 aromatic carbocycles. The monoisotopic (exact) mass is 190 g/mol. The molecule has 0 aliphatic carbocycles. The molecule has 0 atom stereocenters. The molecule has 14 heavy (non-hydrogen) atoms. The molecule has 0 radical (unpaired) electrons. The molecule has 0 amide bonds. The minimum Gasteiger partial charge on any atom is -0.387 e. The molecule has 1 rings (SSSR count). The summed E-state index contributed by atoms with van der Waals surface area (Å²) in [6.45, 7) is 8.42. The number of nitrogens with one attached hydrogen (secondary N) is 2. The molecule has 0 aliphatic heterocycles. The zero-order chi connectivity index (χ0) is 10.9. The Labute approximate surface area is 85.9 Å². The zero-order valence-electron chi connectivity index (χ0n) is 9.58. The van der Waals surface area contributed by atoms with Crippen molar-refractivity contribution in [3.8, 4) is 0 Å². The van der Waals surface area contributed by atoms with Gasteiger partial charge in [0.15, 0.2) is 0 Å². The lowest BCUT2D eigenvalue weighted by molar-refractivity contribution is 1.20. The van der Waals surface area contributed by atoms with Crippen LogP contribution in [0.25, 0.3) is 0 Å². The van der Waals surface area contributed by atoms with Crippen LogP contribution in [0.15, 0.2) is 0 Å². The number of benzene rings is 1. The van der Waals surface area contributed by atoms with Gasteiger partial charge in [0.1, 0.15) is 0 Å². The number of anilines is 1. The normalized spacial score (nSPS) is 10.1. The first-order valence-corrected chi connectivity index (χ1v) is 4.83. The van der Waals surface area contributed by atoms with Gasteiger partial charge < -0.3 is 10.7 Å². The van der Waals surface area contributed by atoms with Crippen LogP contribution in [0.2, 0.25) is 0 Å². The van der Waals surface area contributed by atoms with E-state index in [1.165, 1.54) is 28.5 Å². The minimum absolute atomic E-state index is 1.01. The Hall–Kier alpha value is -1.31. The predicted octanol–water partition coefficient (Wildman–Crippen LogP) is 2.96. The van der Waals surface area contributed by atoms with Gasteiger partial charge in [-0.2, -0.15) is 0 Å². The van der Waals surface area contributed by atoms with E-state index in [-0.39, 0.29) is 0 Å². The number of hydrogen-bond donors (Lipinski definition) is 2. The van der Waals surface area contributed by atoms with Crippen molar-refractivity contribution in [1.82, 2.24) is 0 Å². The lowest BCUT2D eigenvalue weighted by Gasteiger charge is -2.17. The van der Waals surface area contributed by atoms with Crippen molar-refractivity contribution in [3.63, 3.8) is 0 Å². The summed E-state index contributed by atoms with van der Waals surface area (Å²) in [5.41, 5.74) is 7.15. The summed E-state index contributed by atoms with van der Waals surface area (Å²) in [4.78, 5) is 0. The maximum Gasteiger partial charge on any atom is 0.0461 e. The van der Waals surface area contributed by atoms with Gasteiger partial charge in [0.2, 0.25) is 0 Å². The SMILES string of the molecule is CNc1c(C)c(C)c(C)c(C)c1C=N. The molecular formula is C12H18N2. The van der Waals surface area contributed by atoms with Crippen molar-refractivity contribution in [2.24, 2.45) is 0 Å². The highest BCUT2D eigenvalue weighted by molar-refractivity contribution is 5.90. The summed E-state index contributed by atoms with van der Waals surface area (Å²) in [5.74, 6) is 0. The second-order valence-electron chi connectivity index (χ2n) is 3.68. The minimum atomic E-state index is 1.01. The van der Waals surface area contributed by atoms with Gasteiger partial charge in [-0.15, -0.1) is 0 Å². The molecule has 0 heterocycles. The first-order chi connectivity index (χ1) is 6.54. The third-order valence-electron chi connectivity index (χ3n) is 3.13. The summed E-state index contributed by atoms with van der Waals surface area (Å²) in [6.07, 6.45) is 1.43. The number of rotatable bonds is 2. The van der Waals surface area contributed by atoms with E-state index < -0.39 is 0 Å². The smallest absolute Gasteiger partial charge is 0.0461 e. The third-order valence-corrected chi connectivity index (χ3v) is 3.13. The molecular weight excluding hydrogens is 172 g/mol. The topological polar surface area (TPSA) is 35.9 Å². The van der Waals surface area contributed by atoms with Crippen LogP contribution in [0, 0.1) is 33.1 Å². The summed E-state index contributed by atoms with van der Waals surface area (Å²) in [7, 11) is 1.91. The Bertz CT molecular complexity index is 379. The van der Waals surface area contributed by atoms with E-state index in [2.05, 4.69) is 33.0 Å². The van der Waals surface area contributed by atoms with Gasteiger partial charge in [0.05, 0.1) is 0 Å². The fourth-order valence-electron chi connectivity index (χ4n) is 1.84. The fourth-order valence-corrected chi connectivity index (χ4v) is 1.84. The first kappa shape index (κ1) is 10.8. The zero-order valence-corrected chi connectivity index (χ0v) is 9.58. The van der Waals surface area contributed by atoms with Crippen LogP contribution in [-0.2, 0) is 0 Å². The van der Waals surface area contributed by atoms with Crippen LogP contribution in [0.3, 0.4) is 0 Å². The Morgan fingerprint density at radius 1 is 0.929 bits per heavy atom. The van der Waals surface area contributed by atoms with Crippen LogP contribution in [0.5, 0.6) is 0 Å². The second-order valence-corrected chi connectivity index (χ2v) is 3.68. The highest BCUT2D eigenvalue weighted by Crippen LogP contribution is 2.29. The maximum atomic E-state index is 7.43. The van der Waals surface area contributed by atoms with Gasteiger partial charge in [-0.05, 0) is 49.9 Å². The molecule has 1 aromatic rings. The molecule has 0 fully saturated rings. The first-order valence-electron chi connectivity index (χ1n) is 4.83.